The molecule has 2 aromatic rings. The van der Waals surface area contributed by atoms with E-state index in [9.17, 15) is 4.79 Å². The summed E-state index contributed by atoms with van der Waals surface area (Å²) in [5.74, 6) is 0.174. The third-order valence-electron chi connectivity index (χ3n) is 3.82. The van der Waals surface area contributed by atoms with E-state index in [4.69, 9.17) is 0 Å². The number of carbonyl (C=O) groups excluding carboxylic acids is 1. The summed E-state index contributed by atoms with van der Waals surface area (Å²) in [5.41, 5.74) is 4.27. The van der Waals surface area contributed by atoms with Crippen LogP contribution in [-0.4, -0.2) is 5.78 Å². The Balaban J connectivity index is 1.91. The van der Waals surface area contributed by atoms with Gasteiger partial charge in [-0.3, -0.25) is 4.79 Å². The zero-order valence-electron chi connectivity index (χ0n) is 12.1. The van der Waals surface area contributed by atoms with Gasteiger partial charge in [0.05, 0.1) is 0 Å². The highest BCUT2D eigenvalue weighted by atomic mass is 16.1. The van der Waals surface area contributed by atoms with E-state index >= 15 is 0 Å². The molecule has 0 aliphatic heterocycles. The maximum absolute atomic E-state index is 12.6. The summed E-state index contributed by atoms with van der Waals surface area (Å²) >= 11 is 0. The Morgan fingerprint density at radius 1 is 1.00 bits per heavy atom. The highest BCUT2D eigenvalue weighted by Gasteiger charge is 2.17. The average molecular weight is 274 g/mol. The molecule has 0 heterocycles. The van der Waals surface area contributed by atoms with Crippen molar-refractivity contribution in [3.8, 4) is 11.1 Å². The second-order valence-corrected chi connectivity index (χ2v) is 5.47. The Kier molecular flexibility index (Phi) is 3.83. The molecule has 0 radical (unpaired) electrons. The van der Waals surface area contributed by atoms with Gasteiger partial charge in [-0.1, -0.05) is 72.3 Å². The summed E-state index contributed by atoms with van der Waals surface area (Å²) < 4.78 is 0. The fourth-order valence-electron chi connectivity index (χ4n) is 2.67. The minimum atomic E-state index is -0.0252. The van der Waals surface area contributed by atoms with E-state index < -0.39 is 0 Å². The van der Waals surface area contributed by atoms with Crippen molar-refractivity contribution in [3.63, 3.8) is 0 Å². The van der Waals surface area contributed by atoms with Crippen molar-refractivity contribution in [1.82, 2.24) is 0 Å². The third kappa shape index (κ3) is 3.03. The van der Waals surface area contributed by atoms with E-state index in [-0.39, 0.29) is 11.7 Å². The van der Waals surface area contributed by atoms with E-state index in [1.807, 2.05) is 48.6 Å². The molecule has 1 aliphatic rings. The molecular formula is C20H18O. The van der Waals surface area contributed by atoms with Crippen molar-refractivity contribution in [1.29, 1.82) is 0 Å². The molecular weight excluding hydrogens is 256 g/mol. The minimum Gasteiger partial charge on any atom is -0.294 e. The Bertz CT molecular complexity index is 722. The summed E-state index contributed by atoms with van der Waals surface area (Å²) in [7, 11) is 0. The van der Waals surface area contributed by atoms with Crippen molar-refractivity contribution in [2.45, 2.75) is 13.3 Å². The molecule has 1 nitrogen and oxygen atoms in total. The summed E-state index contributed by atoms with van der Waals surface area (Å²) in [6.07, 6.45) is 8.78. The quantitative estimate of drug-likeness (QED) is 0.722. The van der Waals surface area contributed by atoms with Crippen molar-refractivity contribution in [3.05, 3.63) is 84.0 Å². The SMILES string of the molecule is Cc1cccc(-c2cccc(C(=O)C3C=CC=CC3)c2)c1. The first-order valence-electron chi connectivity index (χ1n) is 7.29. The fraction of sp³-hybridized carbons (Fsp3) is 0.150. The number of aryl methyl sites for hydroxylation is 1. The van der Waals surface area contributed by atoms with E-state index in [0.29, 0.717) is 0 Å². The largest absolute Gasteiger partial charge is 0.294 e. The first kappa shape index (κ1) is 13.6. The second kappa shape index (κ2) is 5.92. The molecule has 1 atom stereocenters. The predicted molar refractivity (Wildman–Crippen MR) is 87.3 cm³/mol. The lowest BCUT2D eigenvalue weighted by molar-refractivity contribution is 0.0945. The molecule has 0 bridgehead atoms. The Morgan fingerprint density at radius 3 is 2.48 bits per heavy atom. The normalized spacial score (nSPS) is 16.9. The summed E-state index contributed by atoms with van der Waals surface area (Å²) in [6.45, 7) is 2.08. The molecule has 1 heteroatoms. The van der Waals surface area contributed by atoms with Crippen LogP contribution in [0.2, 0.25) is 0 Å². The number of benzene rings is 2. The lowest BCUT2D eigenvalue weighted by Gasteiger charge is -2.12. The summed E-state index contributed by atoms with van der Waals surface area (Å²) in [4.78, 5) is 12.6. The van der Waals surface area contributed by atoms with Crippen LogP contribution in [0.25, 0.3) is 11.1 Å². The summed E-state index contributed by atoms with van der Waals surface area (Å²) in [5, 5.41) is 0. The van der Waals surface area contributed by atoms with Crippen LogP contribution >= 0.6 is 0 Å². The van der Waals surface area contributed by atoms with Crippen LogP contribution in [0.5, 0.6) is 0 Å². The molecule has 0 saturated heterocycles. The van der Waals surface area contributed by atoms with E-state index in [1.165, 1.54) is 5.56 Å². The Morgan fingerprint density at radius 2 is 1.76 bits per heavy atom. The maximum Gasteiger partial charge on any atom is 0.170 e. The molecule has 1 aliphatic carbocycles. The first-order chi connectivity index (χ1) is 10.2. The fourth-order valence-corrected chi connectivity index (χ4v) is 2.67. The predicted octanol–water partition coefficient (Wildman–Crippen LogP) is 4.98. The Hall–Kier alpha value is -2.41. The zero-order valence-corrected chi connectivity index (χ0v) is 12.1. The lowest BCUT2D eigenvalue weighted by Crippen LogP contribution is -2.13. The molecule has 2 aromatic carbocycles. The molecule has 0 spiro atoms. The lowest BCUT2D eigenvalue weighted by atomic mass is 9.90. The van der Waals surface area contributed by atoms with Crippen LogP contribution in [0, 0.1) is 12.8 Å². The monoisotopic (exact) mass is 274 g/mol. The van der Waals surface area contributed by atoms with Gasteiger partial charge in [-0.15, -0.1) is 0 Å². The van der Waals surface area contributed by atoms with Crippen molar-refractivity contribution in [2.75, 3.05) is 0 Å². The molecule has 1 unspecified atom stereocenters. The smallest absolute Gasteiger partial charge is 0.170 e. The number of ketones is 1. The highest BCUT2D eigenvalue weighted by Crippen LogP contribution is 2.24. The Labute approximate surface area is 125 Å². The molecule has 0 aromatic heterocycles. The van der Waals surface area contributed by atoms with Gasteiger partial charge < -0.3 is 0 Å². The third-order valence-corrected chi connectivity index (χ3v) is 3.82. The molecule has 104 valence electrons. The van der Waals surface area contributed by atoms with Crippen LogP contribution < -0.4 is 0 Å². The number of carbonyl (C=O) groups is 1. The number of hydrogen-bond acceptors (Lipinski definition) is 1. The van der Waals surface area contributed by atoms with Crippen molar-refractivity contribution < 1.29 is 4.79 Å². The first-order valence-corrected chi connectivity index (χ1v) is 7.29. The van der Waals surface area contributed by atoms with Crippen LogP contribution in [0.15, 0.2) is 72.8 Å². The van der Waals surface area contributed by atoms with Gasteiger partial charge >= 0.3 is 0 Å². The molecule has 21 heavy (non-hydrogen) atoms. The number of Topliss-reactive ketones (excluding diaryl/α,β-unsaturated/α-hetero) is 1. The van der Waals surface area contributed by atoms with Gasteiger partial charge in [-0.25, -0.2) is 0 Å². The molecule has 3 rings (SSSR count). The van der Waals surface area contributed by atoms with Crippen molar-refractivity contribution in [2.24, 2.45) is 5.92 Å². The molecule has 0 N–H and O–H groups in total. The zero-order chi connectivity index (χ0) is 14.7. The van der Waals surface area contributed by atoms with Crippen LogP contribution in [-0.2, 0) is 0 Å². The van der Waals surface area contributed by atoms with Gasteiger partial charge in [-0.2, -0.15) is 0 Å². The van der Waals surface area contributed by atoms with E-state index in [2.05, 4.69) is 31.2 Å². The standard InChI is InChI=1S/C20H18O/c1-15-7-5-10-17(13-15)18-11-6-12-19(14-18)20(21)16-8-3-2-4-9-16/h2-8,10-14,16H,9H2,1H3. The molecule has 0 saturated carbocycles. The van der Waals surface area contributed by atoms with E-state index in [0.717, 1.165) is 23.1 Å². The average Bonchev–Trinajstić information content (AvgIpc) is 2.55. The topological polar surface area (TPSA) is 17.1 Å². The van der Waals surface area contributed by atoms with E-state index in [1.54, 1.807) is 0 Å². The number of hydrogen-bond donors (Lipinski definition) is 0. The van der Waals surface area contributed by atoms with Crippen molar-refractivity contribution >= 4 is 5.78 Å². The minimum absolute atomic E-state index is 0.0252. The van der Waals surface area contributed by atoms with Crippen LogP contribution in [0.3, 0.4) is 0 Å². The second-order valence-electron chi connectivity index (χ2n) is 5.47. The van der Waals surface area contributed by atoms with Gasteiger partial charge in [-0.05, 0) is 30.5 Å². The van der Waals surface area contributed by atoms with Gasteiger partial charge in [0.15, 0.2) is 5.78 Å². The van der Waals surface area contributed by atoms with Crippen LogP contribution in [0.4, 0.5) is 0 Å². The highest BCUT2D eigenvalue weighted by molar-refractivity contribution is 6.00. The molecule has 0 fully saturated rings. The van der Waals surface area contributed by atoms with Gasteiger partial charge in [0.1, 0.15) is 0 Å². The number of allylic oxidation sites excluding steroid dienone is 4. The molecule has 0 amide bonds. The van der Waals surface area contributed by atoms with Gasteiger partial charge in [0.2, 0.25) is 0 Å². The van der Waals surface area contributed by atoms with Crippen LogP contribution in [0.1, 0.15) is 22.3 Å². The maximum atomic E-state index is 12.6. The number of rotatable bonds is 3. The van der Waals surface area contributed by atoms with Gasteiger partial charge in [0.25, 0.3) is 0 Å². The summed E-state index contributed by atoms with van der Waals surface area (Å²) in [6, 6.07) is 16.3. The van der Waals surface area contributed by atoms with Gasteiger partial charge in [0, 0.05) is 11.5 Å².